The van der Waals surface area contributed by atoms with Gasteiger partial charge in [0.2, 0.25) is 0 Å². The van der Waals surface area contributed by atoms with Crippen LogP contribution < -0.4 is 0 Å². The zero-order chi connectivity index (χ0) is 4.50. The standard InChI is InChI=1S/Ca.Mo.H4O4Si.2H/c;;1-5(2,3)4;;/h;;1-4H;;. The van der Waals surface area contributed by atoms with Crippen LogP contribution in [0.3, 0.4) is 0 Å². The van der Waals surface area contributed by atoms with Crippen LogP contribution in [0.2, 0.25) is 0 Å². The van der Waals surface area contributed by atoms with Crippen molar-refractivity contribution < 1.29 is 40.2 Å². The van der Waals surface area contributed by atoms with Gasteiger partial charge >= 0.3 is 46.8 Å². The third kappa shape index (κ3) is 71.8. The smallest absolute Gasteiger partial charge is 0 e. The third-order valence-electron chi connectivity index (χ3n) is 0. The van der Waals surface area contributed by atoms with Gasteiger partial charge in [-0.25, -0.2) is 0 Å². The number of hydrogen-bond acceptors (Lipinski definition) is 4. The Bertz CT molecular complexity index is 27.2. The summed E-state index contributed by atoms with van der Waals surface area (Å²) in [4.78, 5) is 29.3. The van der Waals surface area contributed by atoms with Crippen LogP contribution in [0.1, 0.15) is 0 Å². The van der Waals surface area contributed by atoms with Crippen LogP contribution in [-0.4, -0.2) is 66.0 Å². The summed E-state index contributed by atoms with van der Waals surface area (Å²) >= 11 is 0. The molecule has 0 aromatic rings. The molecule has 0 aliphatic heterocycles. The Kier molecular flexibility index (Phi) is 14.0. The molecule has 0 fully saturated rings. The Balaban J connectivity index is -0.0000000800. The van der Waals surface area contributed by atoms with Crippen molar-refractivity contribution in [3.05, 3.63) is 0 Å². The Morgan fingerprint density at radius 1 is 0.857 bits per heavy atom. The maximum absolute atomic E-state index is 7.33. The maximum Gasteiger partial charge on any atom is 0 e. The molecule has 0 saturated carbocycles. The molecule has 42 valence electrons. The van der Waals surface area contributed by atoms with Crippen LogP contribution in [0.4, 0.5) is 0 Å². The van der Waals surface area contributed by atoms with Crippen molar-refractivity contribution in [2.75, 3.05) is 0 Å². The zero-order valence-corrected chi connectivity index (χ0v) is 5.70. The molecule has 7 heteroatoms. The van der Waals surface area contributed by atoms with Gasteiger partial charge in [-0.2, -0.15) is 0 Å². The molecule has 0 aliphatic rings. The van der Waals surface area contributed by atoms with E-state index in [0.29, 0.717) is 0 Å². The van der Waals surface area contributed by atoms with E-state index < -0.39 is 9.05 Å². The Morgan fingerprint density at radius 2 is 0.857 bits per heavy atom. The van der Waals surface area contributed by atoms with Gasteiger partial charge in [0.25, 0.3) is 0 Å². The van der Waals surface area contributed by atoms with Crippen LogP contribution in [0, 0.1) is 0 Å². The summed E-state index contributed by atoms with van der Waals surface area (Å²) < 4.78 is 0. The molecular formula is H6CaMoO4Si. The van der Waals surface area contributed by atoms with Crippen LogP contribution in [0.5, 0.6) is 0 Å². The van der Waals surface area contributed by atoms with Crippen molar-refractivity contribution in [2.45, 2.75) is 0 Å². The van der Waals surface area contributed by atoms with E-state index in [1.807, 2.05) is 0 Å². The van der Waals surface area contributed by atoms with E-state index in [1.54, 1.807) is 0 Å². The van der Waals surface area contributed by atoms with Gasteiger partial charge in [0, 0.05) is 21.1 Å². The van der Waals surface area contributed by atoms with Crippen LogP contribution in [0.25, 0.3) is 0 Å². The first-order chi connectivity index (χ1) is 2.00. The van der Waals surface area contributed by atoms with E-state index in [4.69, 9.17) is 19.2 Å². The summed E-state index contributed by atoms with van der Waals surface area (Å²) in [5.74, 6) is 0. The summed E-state index contributed by atoms with van der Waals surface area (Å²) in [5.41, 5.74) is 0. The van der Waals surface area contributed by atoms with E-state index in [9.17, 15) is 0 Å². The molecule has 4 nitrogen and oxygen atoms in total. The van der Waals surface area contributed by atoms with Crippen molar-refractivity contribution in [2.24, 2.45) is 0 Å². The summed E-state index contributed by atoms with van der Waals surface area (Å²) in [7, 11) is -4.61. The summed E-state index contributed by atoms with van der Waals surface area (Å²) in [6.45, 7) is 0. The molecule has 0 atom stereocenters. The summed E-state index contributed by atoms with van der Waals surface area (Å²) in [5, 5.41) is 0. The summed E-state index contributed by atoms with van der Waals surface area (Å²) in [6.07, 6.45) is 0. The second-order valence-electron chi connectivity index (χ2n) is 0.600. The molecule has 0 spiro atoms. The topological polar surface area (TPSA) is 80.9 Å². The monoisotopic (exact) mass is 236 g/mol. The molecule has 7 heavy (non-hydrogen) atoms. The fourth-order valence-corrected chi connectivity index (χ4v) is 0. The van der Waals surface area contributed by atoms with Gasteiger partial charge in [-0.3, -0.25) is 0 Å². The van der Waals surface area contributed by atoms with E-state index >= 15 is 0 Å². The molecule has 0 saturated heterocycles. The van der Waals surface area contributed by atoms with Gasteiger partial charge in [-0.1, -0.05) is 0 Å². The average molecular weight is 234 g/mol. The van der Waals surface area contributed by atoms with Gasteiger partial charge in [0.1, 0.15) is 0 Å². The average Bonchev–Trinajstić information content (AvgIpc) is 0.722. The maximum atomic E-state index is 7.33. The Hall–Kier alpha value is 2.00. The van der Waals surface area contributed by atoms with Crippen molar-refractivity contribution >= 4 is 46.8 Å². The molecule has 0 rings (SSSR count). The van der Waals surface area contributed by atoms with E-state index in [2.05, 4.69) is 0 Å². The van der Waals surface area contributed by atoms with E-state index in [1.165, 1.54) is 0 Å². The Morgan fingerprint density at radius 3 is 0.857 bits per heavy atom. The second kappa shape index (κ2) is 6.13. The first kappa shape index (κ1) is 16.0. The molecule has 0 heterocycles. The van der Waals surface area contributed by atoms with Crippen molar-refractivity contribution in [3.8, 4) is 0 Å². The van der Waals surface area contributed by atoms with Gasteiger partial charge in [-0.05, 0) is 0 Å². The third-order valence-corrected chi connectivity index (χ3v) is 0. The van der Waals surface area contributed by atoms with Crippen molar-refractivity contribution in [1.29, 1.82) is 0 Å². The first-order valence-electron chi connectivity index (χ1n) is 0.894. The normalized spacial score (nSPS) is 8.57. The zero-order valence-electron chi connectivity index (χ0n) is 2.70. The molecule has 0 radical (unpaired) electrons. The molecule has 0 aromatic carbocycles. The fraction of sp³-hybridized carbons (Fsp3) is 0. The van der Waals surface area contributed by atoms with Crippen LogP contribution >= 0.6 is 0 Å². The van der Waals surface area contributed by atoms with Crippen LogP contribution in [-0.2, 0) is 21.1 Å². The minimum absolute atomic E-state index is 0. The molecular weight excluding hydrogens is 228 g/mol. The number of hydrogen-bond donors (Lipinski definition) is 4. The molecule has 0 aliphatic carbocycles. The van der Waals surface area contributed by atoms with Crippen molar-refractivity contribution in [1.82, 2.24) is 0 Å². The van der Waals surface area contributed by atoms with Gasteiger partial charge < -0.3 is 19.2 Å². The van der Waals surface area contributed by atoms with E-state index in [0.717, 1.165) is 0 Å². The van der Waals surface area contributed by atoms with Gasteiger partial charge in [-0.15, -0.1) is 0 Å². The minimum atomic E-state index is -4.61. The van der Waals surface area contributed by atoms with Crippen LogP contribution in [0.15, 0.2) is 0 Å². The quantitative estimate of drug-likeness (QED) is 0.327. The molecule has 4 N–H and O–H groups in total. The van der Waals surface area contributed by atoms with Gasteiger partial charge in [0.15, 0.2) is 0 Å². The Labute approximate surface area is 85.9 Å². The van der Waals surface area contributed by atoms with E-state index in [-0.39, 0.29) is 58.8 Å². The predicted octanol–water partition coefficient (Wildman–Crippen LogP) is -3.53. The summed E-state index contributed by atoms with van der Waals surface area (Å²) in [6, 6.07) is 0. The number of rotatable bonds is 0. The van der Waals surface area contributed by atoms with Gasteiger partial charge in [0.05, 0.1) is 0 Å². The SMILES string of the molecule is O[Si](O)(O)O.[CaH2].[Mo]. The van der Waals surface area contributed by atoms with Crippen molar-refractivity contribution in [3.63, 3.8) is 0 Å². The fourth-order valence-electron chi connectivity index (χ4n) is 0. The molecule has 0 bridgehead atoms. The molecule has 0 unspecified atom stereocenters. The second-order valence-corrected chi connectivity index (χ2v) is 1.80. The minimum Gasteiger partial charge on any atom is 0 e. The first-order valence-corrected chi connectivity index (χ1v) is 2.68. The molecule has 0 amide bonds. The predicted molar refractivity (Wildman–Crippen MR) is 23.2 cm³/mol. The largest absolute Gasteiger partial charge is 0 e. The molecule has 0 aromatic heterocycles.